The minimum atomic E-state index is 0.0583. The molecule has 1 heteroatoms. The van der Waals surface area contributed by atoms with Crippen molar-refractivity contribution in [3.05, 3.63) is 70.3 Å². The van der Waals surface area contributed by atoms with Crippen LogP contribution < -0.4 is 5.73 Å². The van der Waals surface area contributed by atoms with Crippen molar-refractivity contribution in [2.75, 3.05) is 0 Å². The Labute approximate surface area is 122 Å². The van der Waals surface area contributed by atoms with Gasteiger partial charge >= 0.3 is 0 Å². The molecule has 0 saturated carbocycles. The van der Waals surface area contributed by atoms with E-state index in [0.29, 0.717) is 5.92 Å². The lowest BCUT2D eigenvalue weighted by atomic mass is 9.82. The third kappa shape index (κ3) is 2.94. The highest BCUT2D eigenvalue weighted by Gasteiger charge is 2.22. The van der Waals surface area contributed by atoms with Gasteiger partial charge in [0.2, 0.25) is 0 Å². The molecule has 0 aliphatic carbocycles. The fourth-order valence-corrected chi connectivity index (χ4v) is 3.32. The van der Waals surface area contributed by atoms with Gasteiger partial charge in [-0.15, -0.1) is 0 Å². The zero-order valence-corrected chi connectivity index (χ0v) is 13.0. The minimum Gasteiger partial charge on any atom is -0.323 e. The Kier molecular flexibility index (Phi) is 4.61. The van der Waals surface area contributed by atoms with Crippen LogP contribution in [0.3, 0.4) is 0 Å². The van der Waals surface area contributed by atoms with Crippen LogP contribution in [0.25, 0.3) is 0 Å². The molecule has 2 aromatic carbocycles. The van der Waals surface area contributed by atoms with Gasteiger partial charge in [-0.3, -0.25) is 0 Å². The highest BCUT2D eigenvalue weighted by molar-refractivity contribution is 5.41. The Bertz CT molecular complexity index is 549. The van der Waals surface area contributed by atoms with E-state index in [1.54, 1.807) is 0 Å². The van der Waals surface area contributed by atoms with Crippen molar-refractivity contribution in [1.82, 2.24) is 0 Å². The molecule has 0 fully saturated rings. The van der Waals surface area contributed by atoms with Crippen LogP contribution in [0, 0.1) is 20.8 Å². The molecular weight excluding hydrogens is 242 g/mol. The van der Waals surface area contributed by atoms with Crippen LogP contribution in [0.15, 0.2) is 42.5 Å². The van der Waals surface area contributed by atoms with Crippen LogP contribution in [0.4, 0.5) is 0 Å². The molecule has 0 aliphatic rings. The first kappa shape index (κ1) is 14.8. The highest BCUT2D eigenvalue weighted by Crippen LogP contribution is 2.35. The Hall–Kier alpha value is -1.60. The number of aryl methyl sites for hydroxylation is 3. The summed E-state index contributed by atoms with van der Waals surface area (Å²) in [7, 11) is 0. The van der Waals surface area contributed by atoms with Crippen LogP contribution in [0.2, 0.25) is 0 Å². The predicted molar refractivity (Wildman–Crippen MR) is 87.1 cm³/mol. The van der Waals surface area contributed by atoms with Gasteiger partial charge in [-0.05, 0) is 49.4 Å². The van der Waals surface area contributed by atoms with Crippen LogP contribution in [0.5, 0.6) is 0 Å². The van der Waals surface area contributed by atoms with Crippen molar-refractivity contribution < 1.29 is 0 Å². The second-order valence-corrected chi connectivity index (χ2v) is 5.76. The molecule has 20 heavy (non-hydrogen) atoms. The Balaban J connectivity index is 2.42. The van der Waals surface area contributed by atoms with Crippen LogP contribution >= 0.6 is 0 Å². The molecule has 2 atom stereocenters. The molecule has 2 unspecified atom stereocenters. The molecule has 0 aromatic heterocycles. The van der Waals surface area contributed by atoms with E-state index < -0.39 is 0 Å². The maximum Gasteiger partial charge on any atom is 0.0369 e. The zero-order valence-electron chi connectivity index (χ0n) is 13.0. The minimum absolute atomic E-state index is 0.0583. The molecule has 0 radical (unpaired) electrons. The molecule has 106 valence electrons. The van der Waals surface area contributed by atoms with Crippen molar-refractivity contribution >= 4 is 0 Å². The second-order valence-electron chi connectivity index (χ2n) is 5.76. The first-order valence-corrected chi connectivity index (χ1v) is 7.42. The summed E-state index contributed by atoms with van der Waals surface area (Å²) < 4.78 is 0. The summed E-state index contributed by atoms with van der Waals surface area (Å²) >= 11 is 0. The number of hydrogen-bond acceptors (Lipinski definition) is 1. The van der Waals surface area contributed by atoms with E-state index in [9.17, 15) is 0 Å². The summed E-state index contributed by atoms with van der Waals surface area (Å²) in [4.78, 5) is 0. The Morgan fingerprint density at radius 1 is 0.950 bits per heavy atom. The molecule has 0 aliphatic heterocycles. The fraction of sp³-hybridized carbons (Fsp3) is 0.368. The first-order valence-electron chi connectivity index (χ1n) is 7.42. The first-order chi connectivity index (χ1) is 9.54. The maximum absolute atomic E-state index is 6.63. The number of benzene rings is 2. The fourth-order valence-electron chi connectivity index (χ4n) is 3.32. The number of rotatable bonds is 4. The lowest BCUT2D eigenvalue weighted by molar-refractivity contribution is 0.535. The smallest absolute Gasteiger partial charge is 0.0369 e. The summed E-state index contributed by atoms with van der Waals surface area (Å²) in [5.41, 5.74) is 13.2. The lowest BCUT2D eigenvalue weighted by Crippen LogP contribution is -2.21. The van der Waals surface area contributed by atoms with E-state index >= 15 is 0 Å². The molecular formula is C19H25N. The number of nitrogens with two attached hydrogens (primary N) is 1. The quantitative estimate of drug-likeness (QED) is 0.845. The van der Waals surface area contributed by atoms with Crippen molar-refractivity contribution in [3.63, 3.8) is 0 Å². The lowest BCUT2D eigenvalue weighted by Gasteiger charge is -2.27. The average Bonchev–Trinajstić information content (AvgIpc) is 2.39. The van der Waals surface area contributed by atoms with Crippen LogP contribution in [0.1, 0.15) is 53.1 Å². The van der Waals surface area contributed by atoms with Crippen molar-refractivity contribution in [1.29, 1.82) is 0 Å². The molecule has 2 aromatic rings. The second kappa shape index (κ2) is 6.23. The molecule has 0 saturated heterocycles. The standard InChI is InChI=1S/C19H25N/c1-5-17(16-9-7-6-8-10-16)19(20)18-14(3)11-13(2)12-15(18)4/h6-12,17,19H,5,20H2,1-4H3. The molecule has 0 bridgehead atoms. The van der Waals surface area contributed by atoms with E-state index in [2.05, 4.69) is 70.2 Å². The van der Waals surface area contributed by atoms with E-state index in [-0.39, 0.29) is 6.04 Å². The largest absolute Gasteiger partial charge is 0.323 e. The van der Waals surface area contributed by atoms with Gasteiger partial charge in [0.15, 0.2) is 0 Å². The molecule has 1 nitrogen and oxygen atoms in total. The van der Waals surface area contributed by atoms with E-state index in [1.165, 1.54) is 27.8 Å². The van der Waals surface area contributed by atoms with Crippen molar-refractivity contribution in [3.8, 4) is 0 Å². The SMILES string of the molecule is CCC(c1ccccc1)C(N)c1c(C)cc(C)cc1C. The molecule has 0 spiro atoms. The average molecular weight is 267 g/mol. The van der Waals surface area contributed by atoms with Gasteiger partial charge in [-0.2, -0.15) is 0 Å². The van der Waals surface area contributed by atoms with E-state index in [4.69, 9.17) is 5.73 Å². The van der Waals surface area contributed by atoms with Gasteiger partial charge in [-0.1, -0.05) is 55.0 Å². The van der Waals surface area contributed by atoms with E-state index in [1.807, 2.05) is 0 Å². The highest BCUT2D eigenvalue weighted by atomic mass is 14.7. The number of hydrogen-bond donors (Lipinski definition) is 1. The topological polar surface area (TPSA) is 26.0 Å². The third-order valence-corrected chi connectivity index (χ3v) is 4.17. The maximum atomic E-state index is 6.63. The van der Waals surface area contributed by atoms with Gasteiger partial charge in [-0.25, -0.2) is 0 Å². The molecule has 2 rings (SSSR count). The molecule has 0 amide bonds. The molecule has 0 heterocycles. The van der Waals surface area contributed by atoms with E-state index in [0.717, 1.165) is 6.42 Å². The van der Waals surface area contributed by atoms with Gasteiger partial charge < -0.3 is 5.73 Å². The summed E-state index contributed by atoms with van der Waals surface area (Å²) in [6, 6.07) is 15.2. The summed E-state index contributed by atoms with van der Waals surface area (Å²) in [5.74, 6) is 0.372. The zero-order chi connectivity index (χ0) is 14.7. The Morgan fingerprint density at radius 2 is 1.50 bits per heavy atom. The van der Waals surface area contributed by atoms with Gasteiger partial charge in [0.05, 0.1) is 0 Å². The van der Waals surface area contributed by atoms with Crippen molar-refractivity contribution in [2.24, 2.45) is 5.73 Å². The molecule has 2 N–H and O–H groups in total. The van der Waals surface area contributed by atoms with Crippen LogP contribution in [-0.2, 0) is 0 Å². The van der Waals surface area contributed by atoms with Crippen LogP contribution in [-0.4, -0.2) is 0 Å². The van der Waals surface area contributed by atoms with Crippen molar-refractivity contribution in [2.45, 2.75) is 46.1 Å². The monoisotopic (exact) mass is 267 g/mol. The Morgan fingerprint density at radius 3 is 2.00 bits per heavy atom. The third-order valence-electron chi connectivity index (χ3n) is 4.17. The van der Waals surface area contributed by atoms with Gasteiger partial charge in [0, 0.05) is 12.0 Å². The van der Waals surface area contributed by atoms with Gasteiger partial charge in [0.25, 0.3) is 0 Å². The van der Waals surface area contributed by atoms with Gasteiger partial charge in [0.1, 0.15) is 0 Å². The normalized spacial score (nSPS) is 14.1. The summed E-state index contributed by atoms with van der Waals surface area (Å²) in [5, 5.41) is 0. The summed E-state index contributed by atoms with van der Waals surface area (Å²) in [6.07, 6.45) is 1.05. The summed E-state index contributed by atoms with van der Waals surface area (Å²) in [6.45, 7) is 8.71. The predicted octanol–water partition coefficient (Wildman–Crippen LogP) is 4.81.